The second-order valence-corrected chi connectivity index (χ2v) is 5.95. The Morgan fingerprint density at radius 1 is 1.26 bits per heavy atom. The molecule has 1 heterocycles. The van der Waals surface area contributed by atoms with Crippen molar-refractivity contribution in [3.63, 3.8) is 0 Å². The third-order valence-electron chi connectivity index (χ3n) is 2.71. The van der Waals surface area contributed by atoms with Crippen LogP contribution in [0.4, 0.5) is 8.78 Å². The van der Waals surface area contributed by atoms with Gasteiger partial charge in [-0.2, -0.15) is 0 Å². The smallest absolute Gasteiger partial charge is 0.185 e. The highest BCUT2D eigenvalue weighted by Gasteiger charge is 2.19. The number of imidazole rings is 1. The number of aryl methyl sites for hydroxylation is 1. The number of benzene rings is 1. The zero-order valence-corrected chi connectivity index (χ0v) is 11.0. The molecule has 2 rings (SSSR count). The molecule has 0 radical (unpaired) electrons. The molecular weight excluding hydrogens is 274 g/mol. The zero-order valence-electron chi connectivity index (χ0n) is 10.2. The number of halogens is 2. The first-order valence-electron chi connectivity index (χ1n) is 5.62. The van der Waals surface area contributed by atoms with E-state index < -0.39 is 21.5 Å². The van der Waals surface area contributed by atoms with Crippen molar-refractivity contribution in [3.8, 4) is 0 Å². The van der Waals surface area contributed by atoms with E-state index in [0.717, 1.165) is 12.1 Å². The molecule has 1 aromatic heterocycles. The Morgan fingerprint density at radius 2 is 2.00 bits per heavy atom. The summed E-state index contributed by atoms with van der Waals surface area (Å²) in [5, 5.41) is 0. The van der Waals surface area contributed by atoms with Gasteiger partial charge in [-0.25, -0.2) is 22.2 Å². The van der Waals surface area contributed by atoms with Crippen molar-refractivity contribution < 1.29 is 17.2 Å². The molecule has 0 aliphatic carbocycles. The molecular formula is C12H12F2N2O2S. The average Bonchev–Trinajstić information content (AvgIpc) is 2.79. The van der Waals surface area contributed by atoms with Crippen molar-refractivity contribution >= 4 is 9.84 Å². The van der Waals surface area contributed by atoms with Gasteiger partial charge in [-0.3, -0.25) is 0 Å². The maximum atomic E-state index is 13.1. The van der Waals surface area contributed by atoms with Crippen molar-refractivity contribution in [3.05, 3.63) is 48.1 Å². The van der Waals surface area contributed by atoms with Gasteiger partial charge in [0.1, 0.15) is 11.6 Å². The molecule has 0 bridgehead atoms. The fourth-order valence-electron chi connectivity index (χ4n) is 1.69. The summed E-state index contributed by atoms with van der Waals surface area (Å²) in [5.41, 5.74) is 0. The molecule has 0 saturated heterocycles. The van der Waals surface area contributed by atoms with E-state index in [1.165, 1.54) is 6.20 Å². The number of sulfone groups is 1. The van der Waals surface area contributed by atoms with Gasteiger partial charge in [-0.05, 0) is 25.1 Å². The number of aromatic nitrogens is 2. The molecule has 1 aromatic carbocycles. The van der Waals surface area contributed by atoms with E-state index in [2.05, 4.69) is 4.98 Å². The molecule has 0 atom stereocenters. The minimum absolute atomic E-state index is 0.253. The fraction of sp³-hybridized carbons (Fsp3) is 0.250. The molecule has 0 aliphatic rings. The van der Waals surface area contributed by atoms with Gasteiger partial charge in [0, 0.05) is 18.9 Å². The predicted molar refractivity (Wildman–Crippen MR) is 65.1 cm³/mol. The molecule has 102 valence electrons. The van der Waals surface area contributed by atoms with E-state index in [4.69, 9.17) is 0 Å². The lowest BCUT2D eigenvalue weighted by Gasteiger charge is -2.06. The quantitative estimate of drug-likeness (QED) is 0.809. The monoisotopic (exact) mass is 286 g/mol. The molecule has 0 unspecified atom stereocenters. The van der Waals surface area contributed by atoms with E-state index in [1.807, 2.05) is 6.92 Å². The van der Waals surface area contributed by atoms with Gasteiger partial charge in [0.15, 0.2) is 21.5 Å². The van der Waals surface area contributed by atoms with Crippen LogP contribution in [0.3, 0.4) is 0 Å². The largest absolute Gasteiger partial charge is 0.334 e. The summed E-state index contributed by atoms with van der Waals surface area (Å²) in [6.45, 7) is 2.44. The first-order chi connectivity index (χ1) is 8.94. The van der Waals surface area contributed by atoms with Crippen molar-refractivity contribution in [2.75, 3.05) is 0 Å². The normalized spacial score (nSPS) is 11.7. The van der Waals surface area contributed by atoms with Crippen LogP contribution < -0.4 is 0 Å². The van der Waals surface area contributed by atoms with Crippen LogP contribution in [0.5, 0.6) is 0 Å². The van der Waals surface area contributed by atoms with E-state index in [9.17, 15) is 17.2 Å². The van der Waals surface area contributed by atoms with Crippen molar-refractivity contribution in [1.29, 1.82) is 0 Å². The maximum absolute atomic E-state index is 13.1. The summed E-state index contributed by atoms with van der Waals surface area (Å²) in [6.07, 6.45) is 3.16. The molecule has 2 aromatic rings. The Bertz CT molecular complexity index is 696. The van der Waals surface area contributed by atoms with Crippen LogP contribution in [0.1, 0.15) is 12.7 Å². The summed E-state index contributed by atoms with van der Waals surface area (Å²) < 4.78 is 51.7. The van der Waals surface area contributed by atoms with Gasteiger partial charge in [-0.1, -0.05) is 0 Å². The zero-order chi connectivity index (χ0) is 14.0. The van der Waals surface area contributed by atoms with E-state index in [-0.39, 0.29) is 10.6 Å². The average molecular weight is 286 g/mol. The Hall–Kier alpha value is -1.76. The molecule has 0 saturated carbocycles. The van der Waals surface area contributed by atoms with Crippen LogP contribution in [0, 0.1) is 11.6 Å². The van der Waals surface area contributed by atoms with E-state index in [0.29, 0.717) is 18.4 Å². The predicted octanol–water partition coefficient (Wildman–Crippen LogP) is 2.16. The van der Waals surface area contributed by atoms with Crippen LogP contribution in [0.15, 0.2) is 35.5 Å². The first kappa shape index (κ1) is 13.7. The summed E-state index contributed by atoms with van der Waals surface area (Å²) in [5.74, 6) is -2.24. The Labute approximate surface area is 109 Å². The Morgan fingerprint density at radius 3 is 2.63 bits per heavy atom. The summed E-state index contributed by atoms with van der Waals surface area (Å²) in [6, 6.07) is 2.53. The third-order valence-corrected chi connectivity index (χ3v) is 4.32. The minimum atomic E-state index is -3.75. The molecule has 0 fully saturated rings. The molecule has 0 spiro atoms. The number of hydrogen-bond donors (Lipinski definition) is 0. The minimum Gasteiger partial charge on any atom is -0.334 e. The van der Waals surface area contributed by atoms with Gasteiger partial charge in [0.2, 0.25) is 0 Å². The molecule has 0 amide bonds. The van der Waals surface area contributed by atoms with E-state index in [1.54, 1.807) is 10.8 Å². The summed E-state index contributed by atoms with van der Waals surface area (Å²) in [7, 11) is -3.75. The van der Waals surface area contributed by atoms with Crippen LogP contribution in [-0.4, -0.2) is 18.0 Å². The lowest BCUT2D eigenvalue weighted by Crippen LogP contribution is -2.11. The van der Waals surface area contributed by atoms with Gasteiger partial charge in [-0.15, -0.1) is 0 Å². The standard InChI is InChI=1S/C12H12F2N2O2S/c1-2-16-6-5-15-12(16)8-19(17,18)9-3-4-10(13)11(14)7-9/h3-7H,2,8H2,1H3. The Kier molecular flexibility index (Phi) is 3.66. The third kappa shape index (κ3) is 2.81. The first-order valence-corrected chi connectivity index (χ1v) is 7.27. The fourth-order valence-corrected chi connectivity index (χ4v) is 3.00. The van der Waals surface area contributed by atoms with Crippen LogP contribution in [0.2, 0.25) is 0 Å². The maximum Gasteiger partial charge on any atom is 0.185 e. The second kappa shape index (κ2) is 5.08. The number of rotatable bonds is 4. The van der Waals surface area contributed by atoms with Crippen LogP contribution in [-0.2, 0) is 22.1 Å². The van der Waals surface area contributed by atoms with Crippen molar-refractivity contribution in [2.45, 2.75) is 24.1 Å². The number of hydrogen-bond acceptors (Lipinski definition) is 3. The second-order valence-electron chi connectivity index (χ2n) is 3.96. The lowest BCUT2D eigenvalue weighted by atomic mass is 10.3. The van der Waals surface area contributed by atoms with Crippen molar-refractivity contribution in [1.82, 2.24) is 9.55 Å². The van der Waals surface area contributed by atoms with E-state index >= 15 is 0 Å². The van der Waals surface area contributed by atoms with Crippen LogP contribution in [0.25, 0.3) is 0 Å². The molecule has 0 aliphatic heterocycles. The summed E-state index contributed by atoms with van der Waals surface area (Å²) >= 11 is 0. The topological polar surface area (TPSA) is 52.0 Å². The van der Waals surface area contributed by atoms with Crippen molar-refractivity contribution in [2.24, 2.45) is 0 Å². The highest BCUT2D eigenvalue weighted by Crippen LogP contribution is 2.18. The van der Waals surface area contributed by atoms with Gasteiger partial charge >= 0.3 is 0 Å². The van der Waals surface area contributed by atoms with Gasteiger partial charge in [0.25, 0.3) is 0 Å². The SMILES string of the molecule is CCn1ccnc1CS(=O)(=O)c1ccc(F)c(F)c1. The molecule has 4 nitrogen and oxygen atoms in total. The molecule has 7 heteroatoms. The highest BCUT2D eigenvalue weighted by atomic mass is 32.2. The summed E-state index contributed by atoms with van der Waals surface area (Å²) in [4.78, 5) is 3.70. The molecule has 19 heavy (non-hydrogen) atoms. The van der Waals surface area contributed by atoms with Crippen LogP contribution >= 0.6 is 0 Å². The van der Waals surface area contributed by atoms with Gasteiger partial charge in [0.05, 0.1) is 4.90 Å². The number of nitrogens with zero attached hydrogens (tertiary/aromatic N) is 2. The Balaban J connectivity index is 2.35. The van der Waals surface area contributed by atoms with Gasteiger partial charge < -0.3 is 4.57 Å². The highest BCUT2D eigenvalue weighted by molar-refractivity contribution is 7.90. The lowest BCUT2D eigenvalue weighted by molar-refractivity contribution is 0.504. The molecule has 0 N–H and O–H groups in total.